The van der Waals surface area contributed by atoms with Crippen molar-refractivity contribution in [2.24, 2.45) is 0 Å². The van der Waals surface area contributed by atoms with Crippen molar-refractivity contribution >= 4 is 17.6 Å². The lowest BCUT2D eigenvalue weighted by Gasteiger charge is -2.20. The minimum Gasteiger partial charge on any atom is -0.490 e. The molecule has 3 amide bonds. The second-order valence-corrected chi connectivity index (χ2v) is 6.14. The highest BCUT2D eigenvalue weighted by Crippen LogP contribution is 2.25. The van der Waals surface area contributed by atoms with Crippen LogP contribution in [-0.4, -0.2) is 42.1 Å². The number of nitrogens with one attached hydrogen (secondary N) is 2. The molecule has 6 nitrogen and oxygen atoms in total. The SMILES string of the molecule is CC(Nc1ccc(OC2CCCC2)cc1)C(=O)N1CCNC1=O. The Hall–Kier alpha value is -2.24. The van der Waals surface area contributed by atoms with Crippen molar-refractivity contribution in [3.63, 3.8) is 0 Å². The van der Waals surface area contributed by atoms with Gasteiger partial charge in [-0.1, -0.05) is 0 Å². The number of hydrogen-bond acceptors (Lipinski definition) is 4. The smallest absolute Gasteiger partial charge is 0.324 e. The van der Waals surface area contributed by atoms with Crippen molar-refractivity contribution in [1.82, 2.24) is 10.2 Å². The minimum atomic E-state index is -0.458. The van der Waals surface area contributed by atoms with Crippen LogP contribution in [0.4, 0.5) is 10.5 Å². The van der Waals surface area contributed by atoms with Gasteiger partial charge in [-0.15, -0.1) is 0 Å². The third kappa shape index (κ3) is 3.75. The third-order valence-corrected chi connectivity index (χ3v) is 4.34. The molecule has 124 valence electrons. The summed E-state index contributed by atoms with van der Waals surface area (Å²) in [4.78, 5) is 25.0. The Morgan fingerprint density at radius 1 is 1.30 bits per heavy atom. The Morgan fingerprint density at radius 3 is 2.61 bits per heavy atom. The van der Waals surface area contributed by atoms with Crippen LogP contribution >= 0.6 is 0 Å². The van der Waals surface area contributed by atoms with Gasteiger partial charge in [0.2, 0.25) is 0 Å². The highest BCUT2D eigenvalue weighted by molar-refractivity contribution is 5.99. The van der Waals surface area contributed by atoms with Crippen LogP contribution in [0.25, 0.3) is 0 Å². The van der Waals surface area contributed by atoms with Gasteiger partial charge >= 0.3 is 6.03 Å². The molecule has 0 bridgehead atoms. The molecule has 2 N–H and O–H groups in total. The number of benzene rings is 1. The van der Waals surface area contributed by atoms with Crippen molar-refractivity contribution in [2.75, 3.05) is 18.4 Å². The van der Waals surface area contributed by atoms with Crippen molar-refractivity contribution < 1.29 is 14.3 Å². The summed E-state index contributed by atoms with van der Waals surface area (Å²) in [5, 5.41) is 5.77. The number of urea groups is 1. The number of nitrogens with zero attached hydrogens (tertiary/aromatic N) is 1. The van der Waals surface area contributed by atoms with Gasteiger partial charge in [0.1, 0.15) is 11.8 Å². The molecule has 1 aliphatic carbocycles. The predicted octanol–water partition coefficient (Wildman–Crippen LogP) is 2.36. The second-order valence-electron chi connectivity index (χ2n) is 6.14. The van der Waals surface area contributed by atoms with Gasteiger partial charge in [-0.25, -0.2) is 4.79 Å². The average Bonchev–Trinajstić information content (AvgIpc) is 3.20. The van der Waals surface area contributed by atoms with E-state index in [-0.39, 0.29) is 11.9 Å². The Balaban J connectivity index is 1.54. The van der Waals surface area contributed by atoms with Crippen molar-refractivity contribution in [3.8, 4) is 5.75 Å². The van der Waals surface area contributed by atoms with E-state index in [0.717, 1.165) is 24.3 Å². The van der Waals surface area contributed by atoms with Crippen LogP contribution in [0.3, 0.4) is 0 Å². The first-order chi connectivity index (χ1) is 11.1. The monoisotopic (exact) mass is 317 g/mol. The quantitative estimate of drug-likeness (QED) is 0.874. The zero-order valence-corrected chi connectivity index (χ0v) is 13.4. The maximum absolute atomic E-state index is 12.2. The number of ether oxygens (including phenoxy) is 1. The van der Waals surface area contributed by atoms with Crippen LogP contribution < -0.4 is 15.4 Å². The molecule has 2 fully saturated rings. The van der Waals surface area contributed by atoms with Gasteiger partial charge in [-0.3, -0.25) is 9.69 Å². The molecule has 1 heterocycles. The van der Waals surface area contributed by atoms with Crippen LogP contribution in [0.1, 0.15) is 32.6 Å². The molecule has 1 unspecified atom stereocenters. The summed E-state index contributed by atoms with van der Waals surface area (Å²) < 4.78 is 5.92. The summed E-state index contributed by atoms with van der Waals surface area (Å²) >= 11 is 0. The number of rotatable bonds is 5. The van der Waals surface area contributed by atoms with E-state index >= 15 is 0 Å². The Kier molecular flexibility index (Phi) is 4.69. The first-order valence-corrected chi connectivity index (χ1v) is 8.26. The van der Waals surface area contributed by atoms with Gasteiger partial charge in [-0.05, 0) is 56.9 Å². The molecule has 2 aliphatic rings. The number of carbonyl (C=O) groups is 2. The van der Waals surface area contributed by atoms with Crippen LogP contribution in [0.5, 0.6) is 5.75 Å². The molecule has 1 aliphatic heterocycles. The van der Waals surface area contributed by atoms with E-state index in [1.54, 1.807) is 6.92 Å². The topological polar surface area (TPSA) is 70.7 Å². The number of hydrogen-bond donors (Lipinski definition) is 2. The standard InChI is InChI=1S/C17H23N3O3/c1-12(16(21)20-11-10-18-17(20)22)19-13-6-8-15(9-7-13)23-14-4-2-3-5-14/h6-9,12,14,19H,2-5,10-11H2,1H3,(H,18,22). The molecule has 0 spiro atoms. The van der Waals surface area contributed by atoms with E-state index in [9.17, 15) is 9.59 Å². The summed E-state index contributed by atoms with van der Waals surface area (Å²) in [6, 6.07) is 6.86. The number of imide groups is 1. The van der Waals surface area contributed by atoms with Gasteiger partial charge in [0.15, 0.2) is 0 Å². The second kappa shape index (κ2) is 6.89. The van der Waals surface area contributed by atoms with Crippen molar-refractivity contribution in [3.05, 3.63) is 24.3 Å². The molecule has 1 saturated carbocycles. The van der Waals surface area contributed by atoms with Crippen molar-refractivity contribution in [1.29, 1.82) is 0 Å². The normalized spacial score (nSPS) is 19.5. The van der Waals surface area contributed by atoms with E-state index < -0.39 is 6.04 Å². The van der Waals surface area contributed by atoms with E-state index in [0.29, 0.717) is 19.2 Å². The molecular weight excluding hydrogens is 294 g/mol. The van der Waals surface area contributed by atoms with Gasteiger partial charge < -0.3 is 15.4 Å². The zero-order chi connectivity index (χ0) is 16.2. The molecule has 0 radical (unpaired) electrons. The molecule has 23 heavy (non-hydrogen) atoms. The number of anilines is 1. The Labute approximate surface area is 136 Å². The lowest BCUT2D eigenvalue weighted by molar-refractivity contribution is -0.128. The van der Waals surface area contributed by atoms with Gasteiger partial charge in [0.05, 0.1) is 6.10 Å². The molecule has 1 saturated heterocycles. The number of amides is 3. The minimum absolute atomic E-state index is 0.216. The number of carbonyl (C=O) groups excluding carboxylic acids is 2. The zero-order valence-electron chi connectivity index (χ0n) is 13.4. The highest BCUT2D eigenvalue weighted by Gasteiger charge is 2.29. The largest absolute Gasteiger partial charge is 0.490 e. The maximum atomic E-state index is 12.2. The third-order valence-electron chi connectivity index (χ3n) is 4.34. The highest BCUT2D eigenvalue weighted by atomic mass is 16.5. The lowest BCUT2D eigenvalue weighted by Crippen LogP contribution is -2.43. The molecule has 1 atom stereocenters. The first kappa shape index (κ1) is 15.6. The molecule has 0 aromatic heterocycles. The summed E-state index contributed by atoms with van der Waals surface area (Å²) in [5.41, 5.74) is 0.837. The lowest BCUT2D eigenvalue weighted by atomic mass is 10.2. The summed E-state index contributed by atoms with van der Waals surface area (Å²) in [6.07, 6.45) is 5.08. The summed E-state index contributed by atoms with van der Waals surface area (Å²) in [5.74, 6) is 0.645. The predicted molar refractivity (Wildman–Crippen MR) is 87.5 cm³/mol. The van der Waals surface area contributed by atoms with Gasteiger partial charge in [0, 0.05) is 18.8 Å². The maximum Gasteiger partial charge on any atom is 0.324 e. The molecule has 1 aromatic rings. The van der Waals surface area contributed by atoms with E-state index in [1.807, 2.05) is 24.3 Å². The van der Waals surface area contributed by atoms with Crippen LogP contribution in [-0.2, 0) is 4.79 Å². The fraction of sp³-hybridized carbons (Fsp3) is 0.529. The van der Waals surface area contributed by atoms with E-state index in [4.69, 9.17) is 4.74 Å². The molecule has 3 rings (SSSR count). The summed E-state index contributed by atoms with van der Waals surface area (Å²) in [6.45, 7) is 2.71. The average molecular weight is 317 g/mol. The van der Waals surface area contributed by atoms with Crippen LogP contribution in [0.15, 0.2) is 24.3 Å². The summed E-state index contributed by atoms with van der Waals surface area (Å²) in [7, 11) is 0. The molecule has 1 aromatic carbocycles. The fourth-order valence-electron chi connectivity index (χ4n) is 3.06. The van der Waals surface area contributed by atoms with Crippen molar-refractivity contribution in [2.45, 2.75) is 44.8 Å². The fourth-order valence-corrected chi connectivity index (χ4v) is 3.06. The Morgan fingerprint density at radius 2 is 2.00 bits per heavy atom. The van der Waals surface area contributed by atoms with Crippen LogP contribution in [0.2, 0.25) is 0 Å². The molecule has 6 heteroatoms. The van der Waals surface area contributed by atoms with E-state index in [2.05, 4.69) is 10.6 Å². The Bertz CT molecular complexity index is 567. The van der Waals surface area contributed by atoms with Gasteiger partial charge in [-0.2, -0.15) is 0 Å². The first-order valence-electron chi connectivity index (χ1n) is 8.26. The molecular formula is C17H23N3O3. The van der Waals surface area contributed by atoms with E-state index in [1.165, 1.54) is 17.7 Å². The van der Waals surface area contributed by atoms with Crippen LogP contribution in [0, 0.1) is 0 Å². The van der Waals surface area contributed by atoms with Gasteiger partial charge in [0.25, 0.3) is 5.91 Å².